The first kappa shape index (κ1) is 11.1. The monoisotopic (exact) mass is 199 g/mol. The van der Waals surface area contributed by atoms with E-state index < -0.39 is 11.6 Å². The van der Waals surface area contributed by atoms with Crippen molar-refractivity contribution in [1.29, 1.82) is 5.26 Å². The normalized spacial score (nSPS) is 36.7. The van der Waals surface area contributed by atoms with Crippen LogP contribution in [-0.4, -0.2) is 17.4 Å². The second-order valence-electron chi connectivity index (χ2n) is 3.21. The van der Waals surface area contributed by atoms with Crippen molar-refractivity contribution in [2.75, 3.05) is 0 Å². The first-order valence-corrected chi connectivity index (χ1v) is 4.53. The SMILES string of the molecule is CCC(=O)C1(CC)OOC(C)(C#N)O1. The van der Waals surface area contributed by atoms with Gasteiger partial charge < -0.3 is 0 Å². The molecule has 0 amide bonds. The summed E-state index contributed by atoms with van der Waals surface area (Å²) in [5.41, 5.74) is 0. The van der Waals surface area contributed by atoms with E-state index in [1.807, 2.05) is 0 Å². The molecule has 1 aliphatic rings. The first-order valence-electron chi connectivity index (χ1n) is 4.53. The highest BCUT2D eigenvalue weighted by molar-refractivity contribution is 5.85. The smallest absolute Gasteiger partial charge is 0.289 e. The molecule has 0 aromatic rings. The Morgan fingerprint density at radius 1 is 1.43 bits per heavy atom. The van der Waals surface area contributed by atoms with Crippen molar-refractivity contribution in [2.24, 2.45) is 0 Å². The summed E-state index contributed by atoms with van der Waals surface area (Å²) in [7, 11) is 0. The fourth-order valence-electron chi connectivity index (χ4n) is 1.24. The largest absolute Gasteiger partial charge is 0.294 e. The lowest BCUT2D eigenvalue weighted by Gasteiger charge is -2.21. The van der Waals surface area contributed by atoms with E-state index in [4.69, 9.17) is 19.8 Å². The molecule has 14 heavy (non-hydrogen) atoms. The quantitative estimate of drug-likeness (QED) is 0.640. The zero-order valence-electron chi connectivity index (χ0n) is 8.49. The summed E-state index contributed by atoms with van der Waals surface area (Å²) >= 11 is 0. The summed E-state index contributed by atoms with van der Waals surface area (Å²) in [5.74, 6) is -3.11. The van der Waals surface area contributed by atoms with E-state index in [0.717, 1.165) is 0 Å². The van der Waals surface area contributed by atoms with Crippen LogP contribution in [0.2, 0.25) is 0 Å². The molecule has 5 heteroatoms. The molecule has 1 heterocycles. The minimum absolute atomic E-state index is 0.223. The molecule has 0 aromatic heterocycles. The highest BCUT2D eigenvalue weighted by Gasteiger charge is 2.53. The molecule has 1 fully saturated rings. The second kappa shape index (κ2) is 3.65. The van der Waals surface area contributed by atoms with E-state index in [9.17, 15) is 4.79 Å². The van der Waals surface area contributed by atoms with Gasteiger partial charge in [-0.05, 0) is 0 Å². The topological polar surface area (TPSA) is 68.5 Å². The highest BCUT2D eigenvalue weighted by Crippen LogP contribution is 2.35. The molecule has 0 radical (unpaired) electrons. The van der Waals surface area contributed by atoms with Crippen molar-refractivity contribution in [3.63, 3.8) is 0 Å². The number of Topliss-reactive ketones (excluding diaryl/α,β-unsaturated/α-hetero) is 1. The van der Waals surface area contributed by atoms with Crippen LogP contribution in [0, 0.1) is 11.3 Å². The number of carbonyl (C=O) groups excluding carboxylic acids is 1. The number of nitrogens with zero attached hydrogens (tertiary/aromatic N) is 1. The average Bonchev–Trinajstić information content (AvgIpc) is 2.57. The summed E-state index contributed by atoms with van der Waals surface area (Å²) in [6, 6.07) is 1.79. The van der Waals surface area contributed by atoms with Gasteiger partial charge in [-0.2, -0.15) is 15.0 Å². The van der Waals surface area contributed by atoms with Gasteiger partial charge in [0.25, 0.3) is 11.6 Å². The molecular formula is C9H13NO4. The number of ether oxygens (including phenoxy) is 1. The van der Waals surface area contributed by atoms with Gasteiger partial charge in [0, 0.05) is 19.8 Å². The molecule has 2 atom stereocenters. The summed E-state index contributed by atoms with van der Waals surface area (Å²) < 4.78 is 5.23. The molecule has 2 unspecified atom stereocenters. The van der Waals surface area contributed by atoms with Crippen molar-refractivity contribution >= 4 is 5.78 Å². The fourth-order valence-corrected chi connectivity index (χ4v) is 1.24. The van der Waals surface area contributed by atoms with Crippen molar-refractivity contribution < 1.29 is 19.3 Å². The van der Waals surface area contributed by atoms with Crippen LogP contribution in [0.25, 0.3) is 0 Å². The average molecular weight is 199 g/mol. The van der Waals surface area contributed by atoms with Crippen molar-refractivity contribution in [2.45, 2.75) is 45.2 Å². The molecule has 5 nitrogen and oxygen atoms in total. The Morgan fingerprint density at radius 3 is 2.43 bits per heavy atom. The molecule has 78 valence electrons. The molecule has 0 spiro atoms. The maximum atomic E-state index is 11.5. The van der Waals surface area contributed by atoms with Gasteiger partial charge in [0.2, 0.25) is 0 Å². The number of nitriles is 1. The Labute approximate surface area is 82.5 Å². The van der Waals surface area contributed by atoms with Gasteiger partial charge in [-0.1, -0.05) is 13.8 Å². The van der Waals surface area contributed by atoms with Crippen LogP contribution < -0.4 is 0 Å². The third-order valence-electron chi connectivity index (χ3n) is 2.11. The van der Waals surface area contributed by atoms with Crippen molar-refractivity contribution in [1.82, 2.24) is 0 Å². The maximum Gasteiger partial charge on any atom is 0.289 e. The van der Waals surface area contributed by atoms with E-state index in [-0.39, 0.29) is 12.2 Å². The lowest BCUT2D eigenvalue weighted by molar-refractivity contribution is -0.329. The van der Waals surface area contributed by atoms with Crippen LogP contribution in [0.15, 0.2) is 0 Å². The minimum Gasteiger partial charge on any atom is -0.294 e. The van der Waals surface area contributed by atoms with Crippen LogP contribution in [0.5, 0.6) is 0 Å². The van der Waals surface area contributed by atoms with Crippen LogP contribution >= 0.6 is 0 Å². The van der Waals surface area contributed by atoms with Crippen LogP contribution in [0.3, 0.4) is 0 Å². The predicted octanol–water partition coefficient (Wildman–Crippen LogP) is 1.29. The third-order valence-corrected chi connectivity index (χ3v) is 2.11. The molecule has 0 saturated carbocycles. The Hall–Kier alpha value is -0.960. The van der Waals surface area contributed by atoms with Gasteiger partial charge in [-0.25, -0.2) is 0 Å². The lowest BCUT2D eigenvalue weighted by Crippen LogP contribution is -2.41. The second-order valence-corrected chi connectivity index (χ2v) is 3.21. The van der Waals surface area contributed by atoms with E-state index in [2.05, 4.69) is 0 Å². The number of hydrogen-bond donors (Lipinski definition) is 0. The van der Waals surface area contributed by atoms with Gasteiger partial charge in [0.05, 0.1) is 0 Å². The molecule has 0 bridgehead atoms. The molecule has 1 saturated heterocycles. The van der Waals surface area contributed by atoms with Gasteiger partial charge >= 0.3 is 0 Å². The Balaban J connectivity index is 2.88. The molecule has 1 aliphatic heterocycles. The first-order chi connectivity index (χ1) is 6.52. The standard InChI is InChI=1S/C9H13NO4/c1-4-7(11)9(5-2)12-8(3,6-10)13-14-9/h4-5H2,1-3H3. The molecular weight excluding hydrogens is 186 g/mol. The zero-order chi connectivity index (χ0) is 10.8. The Kier molecular flexibility index (Phi) is 2.90. The Bertz CT molecular complexity index is 285. The van der Waals surface area contributed by atoms with Crippen LogP contribution in [0.4, 0.5) is 0 Å². The number of rotatable bonds is 3. The van der Waals surface area contributed by atoms with Gasteiger partial charge in [-0.3, -0.25) is 9.53 Å². The lowest BCUT2D eigenvalue weighted by atomic mass is 10.1. The van der Waals surface area contributed by atoms with E-state index in [0.29, 0.717) is 6.42 Å². The third kappa shape index (κ3) is 1.64. The molecule has 1 rings (SSSR count). The van der Waals surface area contributed by atoms with E-state index in [1.165, 1.54) is 6.92 Å². The summed E-state index contributed by atoms with van der Waals surface area (Å²) in [5, 5.41) is 8.72. The maximum absolute atomic E-state index is 11.5. The molecule has 0 aliphatic carbocycles. The zero-order valence-corrected chi connectivity index (χ0v) is 8.49. The number of ketones is 1. The fraction of sp³-hybridized carbons (Fsp3) is 0.778. The van der Waals surface area contributed by atoms with Gasteiger partial charge in [-0.15, -0.1) is 0 Å². The summed E-state index contributed by atoms with van der Waals surface area (Å²) in [6.45, 7) is 4.85. The van der Waals surface area contributed by atoms with Crippen LogP contribution in [-0.2, 0) is 19.3 Å². The van der Waals surface area contributed by atoms with E-state index >= 15 is 0 Å². The van der Waals surface area contributed by atoms with Gasteiger partial charge in [0.15, 0.2) is 5.78 Å². The Morgan fingerprint density at radius 2 is 2.07 bits per heavy atom. The van der Waals surface area contributed by atoms with Gasteiger partial charge in [0.1, 0.15) is 6.07 Å². The molecule has 0 N–H and O–H groups in total. The summed E-state index contributed by atoms with van der Waals surface area (Å²) in [6.07, 6.45) is 0.593. The number of carbonyl (C=O) groups is 1. The molecule has 0 aromatic carbocycles. The minimum atomic E-state index is -1.49. The summed E-state index contributed by atoms with van der Waals surface area (Å²) in [4.78, 5) is 21.1. The van der Waals surface area contributed by atoms with E-state index in [1.54, 1.807) is 19.9 Å². The van der Waals surface area contributed by atoms with Crippen molar-refractivity contribution in [3.8, 4) is 6.07 Å². The van der Waals surface area contributed by atoms with Crippen LogP contribution in [0.1, 0.15) is 33.6 Å². The predicted molar refractivity (Wildman–Crippen MR) is 45.6 cm³/mol. The number of hydrogen-bond acceptors (Lipinski definition) is 5. The highest BCUT2D eigenvalue weighted by atomic mass is 17.3. The van der Waals surface area contributed by atoms with Crippen molar-refractivity contribution in [3.05, 3.63) is 0 Å².